The molecule has 0 aliphatic carbocycles. The zero-order chi connectivity index (χ0) is 17.5. The van der Waals surface area contributed by atoms with Crippen molar-refractivity contribution < 1.29 is 19.0 Å². The first-order valence-corrected chi connectivity index (χ1v) is 8.21. The van der Waals surface area contributed by atoms with Gasteiger partial charge in [0.05, 0.1) is 24.2 Å². The van der Waals surface area contributed by atoms with Crippen molar-refractivity contribution in [1.82, 2.24) is 4.98 Å². The lowest BCUT2D eigenvalue weighted by Crippen LogP contribution is -2.38. The molecule has 0 bridgehead atoms. The maximum atomic E-state index is 14.0. The zero-order valence-corrected chi connectivity index (χ0v) is 14.0. The van der Waals surface area contributed by atoms with Crippen LogP contribution < -0.4 is 0 Å². The number of rotatable bonds is 5. The molecule has 1 aromatic carbocycles. The smallest absolute Gasteiger partial charge is 0.306 e. The summed E-state index contributed by atoms with van der Waals surface area (Å²) in [4.78, 5) is 14.7. The number of hydrogen-bond donors (Lipinski definition) is 2. The average molecular weight is 331 g/mol. The summed E-state index contributed by atoms with van der Waals surface area (Å²) in [6.45, 7) is 7.89. The quantitative estimate of drug-likeness (QED) is 0.799. The minimum absolute atomic E-state index is 0.0876. The van der Waals surface area contributed by atoms with E-state index in [1.807, 2.05) is 13.0 Å². The Labute approximate surface area is 140 Å². The van der Waals surface area contributed by atoms with Gasteiger partial charge in [-0.05, 0) is 37.5 Å². The Bertz CT molecular complexity index is 811. The number of benzene rings is 1. The Morgan fingerprint density at radius 2 is 2.33 bits per heavy atom. The van der Waals surface area contributed by atoms with E-state index < -0.39 is 11.6 Å². The molecule has 24 heavy (non-hydrogen) atoms. The second kappa shape index (κ2) is 6.06. The minimum atomic E-state index is -0.911. The lowest BCUT2D eigenvalue weighted by Gasteiger charge is -2.39. The van der Waals surface area contributed by atoms with Gasteiger partial charge in [0.15, 0.2) is 0 Å². The highest BCUT2D eigenvalue weighted by Crippen LogP contribution is 2.47. The number of aliphatic carboxylic acids is 1. The van der Waals surface area contributed by atoms with Crippen molar-refractivity contribution in [2.24, 2.45) is 0 Å². The van der Waals surface area contributed by atoms with Crippen molar-refractivity contribution in [3.05, 3.63) is 47.4 Å². The van der Waals surface area contributed by atoms with Crippen molar-refractivity contribution in [2.45, 2.75) is 44.6 Å². The van der Waals surface area contributed by atoms with Crippen LogP contribution in [0, 0.1) is 12.7 Å². The number of H-pyrrole nitrogens is 1. The summed E-state index contributed by atoms with van der Waals surface area (Å²) in [7, 11) is 0. The van der Waals surface area contributed by atoms with Crippen molar-refractivity contribution in [1.29, 1.82) is 0 Å². The summed E-state index contributed by atoms with van der Waals surface area (Å²) < 4.78 is 20.0. The molecule has 0 radical (unpaired) electrons. The molecule has 3 rings (SSSR count). The highest BCUT2D eigenvalue weighted by Gasteiger charge is 2.43. The molecule has 4 nitrogen and oxygen atoms in total. The summed E-state index contributed by atoms with van der Waals surface area (Å²) >= 11 is 0. The summed E-state index contributed by atoms with van der Waals surface area (Å²) in [6, 6.07) is 3.24. The van der Waals surface area contributed by atoms with Gasteiger partial charge in [0.25, 0.3) is 0 Å². The third-order valence-electron chi connectivity index (χ3n) is 5.09. The van der Waals surface area contributed by atoms with Crippen LogP contribution in [0.1, 0.15) is 48.9 Å². The lowest BCUT2D eigenvalue weighted by atomic mass is 9.81. The molecule has 2 unspecified atom stereocenters. The number of allylic oxidation sites excluding steroid dienone is 1. The summed E-state index contributed by atoms with van der Waals surface area (Å²) in [5.74, 6) is -1.10. The zero-order valence-electron chi connectivity index (χ0n) is 14.0. The Hall–Kier alpha value is -2.14. The lowest BCUT2D eigenvalue weighted by molar-refractivity contribution is -0.149. The van der Waals surface area contributed by atoms with Crippen molar-refractivity contribution in [3.8, 4) is 0 Å². The second-order valence-corrected chi connectivity index (χ2v) is 6.46. The summed E-state index contributed by atoms with van der Waals surface area (Å²) in [5, 5.41) is 10.3. The van der Waals surface area contributed by atoms with E-state index in [0.717, 1.165) is 28.6 Å². The van der Waals surface area contributed by atoms with E-state index >= 15 is 0 Å². The minimum Gasteiger partial charge on any atom is -0.481 e. The van der Waals surface area contributed by atoms with Crippen LogP contribution >= 0.6 is 0 Å². The number of ether oxygens (including phenoxy) is 1. The number of aromatic amines is 1. The first-order chi connectivity index (χ1) is 11.4. The van der Waals surface area contributed by atoms with Gasteiger partial charge in [0.1, 0.15) is 11.4 Å². The highest BCUT2D eigenvalue weighted by molar-refractivity contribution is 5.89. The Morgan fingerprint density at radius 1 is 1.58 bits per heavy atom. The number of nitrogens with one attached hydrogen (secondary N) is 1. The molecule has 0 spiro atoms. The molecular formula is C19H22FNO3. The van der Waals surface area contributed by atoms with Crippen molar-refractivity contribution in [2.75, 3.05) is 6.61 Å². The van der Waals surface area contributed by atoms with E-state index in [2.05, 4.69) is 11.6 Å². The number of aryl methyl sites for hydroxylation is 1. The maximum absolute atomic E-state index is 14.0. The third kappa shape index (κ3) is 2.44. The van der Waals surface area contributed by atoms with Gasteiger partial charge >= 0.3 is 5.97 Å². The fraction of sp³-hybridized carbons (Fsp3) is 0.421. The van der Waals surface area contributed by atoms with Crippen LogP contribution in [0.5, 0.6) is 0 Å². The molecule has 0 amide bonds. The molecule has 1 aromatic heterocycles. The highest BCUT2D eigenvalue weighted by atomic mass is 19.1. The molecule has 5 heteroatoms. The fourth-order valence-electron chi connectivity index (χ4n) is 3.77. The number of hydrogen-bond acceptors (Lipinski definition) is 2. The maximum Gasteiger partial charge on any atom is 0.306 e. The molecule has 2 atom stereocenters. The molecular weight excluding hydrogens is 309 g/mol. The Morgan fingerprint density at radius 3 is 2.96 bits per heavy atom. The molecule has 0 fully saturated rings. The van der Waals surface area contributed by atoms with Crippen LogP contribution in [0.3, 0.4) is 0 Å². The topological polar surface area (TPSA) is 62.3 Å². The van der Waals surface area contributed by atoms with Crippen LogP contribution in [0.25, 0.3) is 10.9 Å². The third-order valence-corrected chi connectivity index (χ3v) is 5.09. The number of fused-ring (bicyclic) bond motifs is 3. The van der Waals surface area contributed by atoms with Gasteiger partial charge in [0, 0.05) is 16.9 Å². The van der Waals surface area contributed by atoms with Crippen LogP contribution in [0.2, 0.25) is 0 Å². The normalized spacial score (nSPS) is 23.2. The number of carboxylic acid groups (broad SMARTS) is 1. The monoisotopic (exact) mass is 331 g/mol. The van der Waals surface area contributed by atoms with Gasteiger partial charge in [0.2, 0.25) is 0 Å². The number of carboxylic acids is 1. The van der Waals surface area contributed by atoms with E-state index in [0.29, 0.717) is 18.6 Å². The van der Waals surface area contributed by atoms with Crippen LogP contribution in [0.4, 0.5) is 4.39 Å². The Kier molecular flexibility index (Phi) is 4.22. The molecule has 2 aromatic rings. The van der Waals surface area contributed by atoms with E-state index in [-0.39, 0.29) is 18.2 Å². The fourth-order valence-corrected chi connectivity index (χ4v) is 3.77. The second-order valence-electron chi connectivity index (χ2n) is 6.46. The SMILES string of the molecule is C=CCC1COC(CC)(CC(=O)O)c2[nH]c3c(C)c(F)ccc3c21. The average Bonchev–Trinajstić information content (AvgIpc) is 2.94. The standard InChI is InChI=1S/C19H22FNO3/c1-4-6-12-10-24-19(5-2,9-15(22)23)18-16(12)13-7-8-14(20)11(3)17(13)21-18/h4,7-8,12,21H,1,5-6,9-10H2,2-3H3,(H,22,23). The van der Waals surface area contributed by atoms with E-state index in [1.54, 1.807) is 13.0 Å². The van der Waals surface area contributed by atoms with Crippen LogP contribution in [-0.4, -0.2) is 22.7 Å². The first-order valence-electron chi connectivity index (χ1n) is 8.21. The van der Waals surface area contributed by atoms with E-state index in [1.165, 1.54) is 6.07 Å². The van der Waals surface area contributed by atoms with Gasteiger partial charge in [-0.15, -0.1) is 6.58 Å². The predicted octanol–water partition coefficient (Wildman–Crippen LogP) is 4.39. The summed E-state index contributed by atoms with van der Waals surface area (Å²) in [6.07, 6.45) is 2.97. The number of carbonyl (C=O) groups is 1. The molecule has 1 aliphatic rings. The number of aromatic nitrogens is 1. The molecule has 1 aliphatic heterocycles. The largest absolute Gasteiger partial charge is 0.481 e. The van der Waals surface area contributed by atoms with Crippen LogP contribution in [0.15, 0.2) is 24.8 Å². The summed E-state index contributed by atoms with van der Waals surface area (Å²) in [5.41, 5.74) is 2.18. The molecule has 0 saturated carbocycles. The molecule has 2 heterocycles. The van der Waals surface area contributed by atoms with Gasteiger partial charge < -0.3 is 14.8 Å². The molecule has 0 saturated heterocycles. The van der Waals surface area contributed by atoms with Crippen molar-refractivity contribution >= 4 is 16.9 Å². The Balaban J connectivity index is 2.30. The number of halogens is 1. The van der Waals surface area contributed by atoms with Gasteiger partial charge in [-0.25, -0.2) is 4.39 Å². The van der Waals surface area contributed by atoms with Crippen LogP contribution in [-0.2, 0) is 15.1 Å². The van der Waals surface area contributed by atoms with Gasteiger partial charge in [-0.1, -0.05) is 13.0 Å². The van der Waals surface area contributed by atoms with E-state index in [4.69, 9.17) is 4.74 Å². The van der Waals surface area contributed by atoms with E-state index in [9.17, 15) is 14.3 Å². The molecule has 128 valence electrons. The van der Waals surface area contributed by atoms with Gasteiger partial charge in [-0.2, -0.15) is 0 Å². The predicted molar refractivity (Wildman–Crippen MR) is 90.7 cm³/mol. The first kappa shape index (κ1) is 16.7. The van der Waals surface area contributed by atoms with Gasteiger partial charge in [-0.3, -0.25) is 4.79 Å². The molecule has 2 N–H and O–H groups in total. The van der Waals surface area contributed by atoms with Crippen molar-refractivity contribution in [3.63, 3.8) is 0 Å².